The first-order valence-electron chi connectivity index (χ1n) is 3.77. The van der Waals surface area contributed by atoms with Gasteiger partial charge in [0.15, 0.2) is 0 Å². The van der Waals surface area contributed by atoms with Crippen molar-refractivity contribution in [3.63, 3.8) is 0 Å². The molecular weight excluding hydrogens is 188 g/mol. The highest BCUT2D eigenvalue weighted by Crippen LogP contribution is 2.18. The van der Waals surface area contributed by atoms with Gasteiger partial charge in [0.05, 0.1) is 5.03 Å². The number of benzene rings is 1. The molecule has 1 rings (SSSR count). The molecule has 3 heteroatoms. The van der Waals surface area contributed by atoms with Crippen molar-refractivity contribution in [3.8, 4) is 0 Å². The summed E-state index contributed by atoms with van der Waals surface area (Å²) in [5, 5.41) is 8.68. The Bertz CT molecular complexity index is 338. The van der Waals surface area contributed by atoms with Crippen LogP contribution < -0.4 is 0 Å². The summed E-state index contributed by atoms with van der Waals surface area (Å²) >= 11 is 5.73. The SMILES string of the molecule is Cc1ccc(/C(Cl)=C/C(=O)O)cc1. The Morgan fingerprint density at radius 1 is 1.38 bits per heavy atom. The number of carboxylic acids is 1. The second kappa shape index (κ2) is 4.10. The monoisotopic (exact) mass is 196 g/mol. The van der Waals surface area contributed by atoms with Crippen molar-refractivity contribution >= 4 is 22.6 Å². The normalized spacial score (nSPS) is 11.4. The molecular formula is C10H9ClO2. The average Bonchev–Trinajstić information content (AvgIpc) is 2.04. The van der Waals surface area contributed by atoms with Crippen LogP contribution in [-0.4, -0.2) is 11.1 Å². The zero-order valence-corrected chi connectivity index (χ0v) is 7.88. The van der Waals surface area contributed by atoms with E-state index in [0.29, 0.717) is 0 Å². The van der Waals surface area contributed by atoms with Crippen LogP contribution in [0.1, 0.15) is 11.1 Å². The standard InChI is InChI=1S/C10H9ClO2/c1-7-2-4-8(5-3-7)9(11)6-10(12)13/h2-6H,1H3,(H,12,13)/b9-6-. The number of rotatable bonds is 2. The lowest BCUT2D eigenvalue weighted by atomic mass is 10.1. The molecule has 0 aromatic heterocycles. The smallest absolute Gasteiger partial charge is 0.329 e. The number of aliphatic carboxylic acids is 1. The van der Waals surface area contributed by atoms with Crippen molar-refractivity contribution < 1.29 is 9.90 Å². The van der Waals surface area contributed by atoms with Crippen LogP contribution in [0.2, 0.25) is 0 Å². The number of carbonyl (C=O) groups is 1. The van der Waals surface area contributed by atoms with Gasteiger partial charge in [-0.3, -0.25) is 0 Å². The van der Waals surface area contributed by atoms with Gasteiger partial charge in [-0.25, -0.2) is 4.79 Å². The summed E-state index contributed by atoms with van der Waals surface area (Å²) in [6, 6.07) is 7.34. The van der Waals surface area contributed by atoms with Crippen LogP contribution in [0.4, 0.5) is 0 Å². The molecule has 0 saturated carbocycles. The highest BCUT2D eigenvalue weighted by Gasteiger charge is 1.99. The third-order valence-electron chi connectivity index (χ3n) is 1.58. The minimum Gasteiger partial charge on any atom is -0.478 e. The molecule has 1 aromatic rings. The Hall–Kier alpha value is -1.28. The maximum absolute atomic E-state index is 10.3. The summed E-state index contributed by atoms with van der Waals surface area (Å²) in [5.41, 5.74) is 1.83. The van der Waals surface area contributed by atoms with E-state index in [2.05, 4.69) is 0 Å². The average molecular weight is 197 g/mol. The second-order valence-corrected chi connectivity index (χ2v) is 3.10. The fourth-order valence-electron chi connectivity index (χ4n) is 0.905. The molecule has 13 heavy (non-hydrogen) atoms. The summed E-state index contributed by atoms with van der Waals surface area (Å²) in [6.45, 7) is 1.96. The highest BCUT2D eigenvalue weighted by atomic mass is 35.5. The predicted molar refractivity (Wildman–Crippen MR) is 52.6 cm³/mol. The first-order valence-corrected chi connectivity index (χ1v) is 4.14. The van der Waals surface area contributed by atoms with Gasteiger partial charge in [-0.1, -0.05) is 41.4 Å². The maximum atomic E-state index is 10.3. The van der Waals surface area contributed by atoms with E-state index in [1.54, 1.807) is 12.1 Å². The first-order chi connectivity index (χ1) is 6.09. The summed E-state index contributed by atoms with van der Waals surface area (Å²) < 4.78 is 0. The van der Waals surface area contributed by atoms with Gasteiger partial charge in [0, 0.05) is 6.08 Å². The van der Waals surface area contributed by atoms with E-state index in [1.165, 1.54) is 0 Å². The van der Waals surface area contributed by atoms with Crippen molar-refractivity contribution in [1.29, 1.82) is 0 Å². The molecule has 0 aliphatic carbocycles. The van der Waals surface area contributed by atoms with E-state index in [0.717, 1.165) is 17.2 Å². The zero-order valence-electron chi connectivity index (χ0n) is 7.12. The van der Waals surface area contributed by atoms with Gasteiger partial charge in [0.1, 0.15) is 0 Å². The van der Waals surface area contributed by atoms with Crippen LogP contribution in [0, 0.1) is 6.92 Å². The van der Waals surface area contributed by atoms with E-state index >= 15 is 0 Å². The van der Waals surface area contributed by atoms with Crippen LogP contribution in [-0.2, 0) is 4.79 Å². The number of aryl methyl sites for hydroxylation is 1. The lowest BCUT2D eigenvalue weighted by molar-refractivity contribution is -0.131. The van der Waals surface area contributed by atoms with Crippen molar-refractivity contribution in [1.82, 2.24) is 0 Å². The molecule has 0 spiro atoms. The number of carboxylic acid groups (broad SMARTS) is 1. The third kappa shape index (κ3) is 2.92. The van der Waals surface area contributed by atoms with Crippen molar-refractivity contribution in [2.24, 2.45) is 0 Å². The highest BCUT2D eigenvalue weighted by molar-refractivity contribution is 6.50. The molecule has 0 amide bonds. The molecule has 1 N–H and O–H groups in total. The van der Waals surface area contributed by atoms with E-state index in [1.807, 2.05) is 19.1 Å². The maximum Gasteiger partial charge on any atom is 0.329 e. The molecule has 0 bridgehead atoms. The van der Waals surface area contributed by atoms with E-state index in [4.69, 9.17) is 16.7 Å². The number of hydrogen-bond donors (Lipinski definition) is 1. The number of hydrogen-bond acceptors (Lipinski definition) is 1. The minimum absolute atomic E-state index is 0.243. The quantitative estimate of drug-likeness (QED) is 0.739. The lowest BCUT2D eigenvalue weighted by Gasteiger charge is -1.98. The Kier molecular flexibility index (Phi) is 3.09. The van der Waals surface area contributed by atoms with Gasteiger partial charge in [-0.2, -0.15) is 0 Å². The van der Waals surface area contributed by atoms with E-state index in [-0.39, 0.29) is 5.03 Å². The van der Waals surface area contributed by atoms with Crippen LogP contribution >= 0.6 is 11.6 Å². The molecule has 0 atom stereocenters. The van der Waals surface area contributed by atoms with Gasteiger partial charge in [-0.15, -0.1) is 0 Å². The Morgan fingerprint density at radius 3 is 2.38 bits per heavy atom. The fourth-order valence-corrected chi connectivity index (χ4v) is 1.12. The second-order valence-electron chi connectivity index (χ2n) is 2.70. The minimum atomic E-state index is -1.04. The van der Waals surface area contributed by atoms with Crippen LogP contribution in [0.25, 0.3) is 5.03 Å². The fraction of sp³-hybridized carbons (Fsp3) is 0.100. The topological polar surface area (TPSA) is 37.3 Å². The molecule has 0 heterocycles. The van der Waals surface area contributed by atoms with E-state index < -0.39 is 5.97 Å². The van der Waals surface area contributed by atoms with Gasteiger partial charge < -0.3 is 5.11 Å². The Labute approximate surface area is 81.5 Å². The van der Waals surface area contributed by atoms with Gasteiger partial charge in [0.2, 0.25) is 0 Å². The largest absolute Gasteiger partial charge is 0.478 e. The molecule has 1 aromatic carbocycles. The van der Waals surface area contributed by atoms with Gasteiger partial charge in [0.25, 0.3) is 0 Å². The van der Waals surface area contributed by atoms with Gasteiger partial charge >= 0.3 is 5.97 Å². The van der Waals surface area contributed by atoms with Crippen molar-refractivity contribution in [2.75, 3.05) is 0 Å². The Balaban J connectivity index is 2.96. The summed E-state index contributed by atoms with van der Waals surface area (Å²) in [4.78, 5) is 10.3. The molecule has 68 valence electrons. The third-order valence-corrected chi connectivity index (χ3v) is 1.90. The van der Waals surface area contributed by atoms with Crippen molar-refractivity contribution in [2.45, 2.75) is 6.92 Å². The predicted octanol–water partition coefficient (Wildman–Crippen LogP) is 2.66. The van der Waals surface area contributed by atoms with Crippen molar-refractivity contribution in [3.05, 3.63) is 41.5 Å². The molecule has 0 aliphatic rings. The molecule has 0 fully saturated rings. The summed E-state index contributed by atoms with van der Waals surface area (Å²) in [7, 11) is 0. The lowest BCUT2D eigenvalue weighted by Crippen LogP contribution is -1.88. The Morgan fingerprint density at radius 2 is 1.92 bits per heavy atom. The first kappa shape index (κ1) is 9.81. The molecule has 0 aliphatic heterocycles. The van der Waals surface area contributed by atoms with E-state index in [9.17, 15) is 4.79 Å². The molecule has 2 nitrogen and oxygen atoms in total. The van der Waals surface area contributed by atoms with Crippen LogP contribution in [0.5, 0.6) is 0 Å². The summed E-state index contributed by atoms with van der Waals surface area (Å²) in [5.74, 6) is -1.04. The molecule has 0 radical (unpaired) electrons. The summed E-state index contributed by atoms with van der Waals surface area (Å²) in [6.07, 6.45) is 0.978. The number of halogens is 1. The molecule has 0 saturated heterocycles. The van der Waals surface area contributed by atoms with Gasteiger partial charge in [-0.05, 0) is 12.5 Å². The zero-order chi connectivity index (χ0) is 9.84. The molecule has 0 unspecified atom stereocenters. The van der Waals surface area contributed by atoms with Crippen LogP contribution in [0.3, 0.4) is 0 Å². The van der Waals surface area contributed by atoms with Crippen LogP contribution in [0.15, 0.2) is 30.3 Å².